The fourth-order valence-corrected chi connectivity index (χ4v) is 1.96. The summed E-state index contributed by atoms with van der Waals surface area (Å²) in [6.07, 6.45) is 1.16. The predicted octanol–water partition coefficient (Wildman–Crippen LogP) is 0.0357. The summed E-state index contributed by atoms with van der Waals surface area (Å²) in [5.41, 5.74) is 4.72. The van der Waals surface area contributed by atoms with Crippen molar-refractivity contribution in [3.8, 4) is 0 Å². The third-order valence-corrected chi connectivity index (χ3v) is 3.94. The summed E-state index contributed by atoms with van der Waals surface area (Å²) in [5, 5.41) is 2.73. The van der Waals surface area contributed by atoms with Gasteiger partial charge in [-0.2, -0.15) is 0 Å². The first-order valence-electron chi connectivity index (χ1n) is 5.68. The Bertz CT molecular complexity index is 359. The zero-order valence-electron chi connectivity index (χ0n) is 10.4. The zero-order chi connectivity index (χ0) is 13.2. The first-order valence-corrected chi connectivity index (χ1v) is 6.09. The van der Waals surface area contributed by atoms with E-state index in [1.165, 1.54) is 0 Å². The van der Waals surface area contributed by atoms with Gasteiger partial charge in [0.15, 0.2) is 0 Å². The van der Waals surface area contributed by atoms with Crippen molar-refractivity contribution in [1.82, 2.24) is 10.2 Å². The normalized spacial score (nSPS) is 23.4. The lowest BCUT2D eigenvalue weighted by molar-refractivity contribution is -0.134. The Hall–Kier alpha value is -1.17. The Labute approximate surface area is 107 Å². The number of nitrogens with one attached hydrogen (secondary N) is 1. The molecular weight excluding hydrogens is 238 g/mol. The molecule has 1 aliphatic rings. The third-order valence-electron chi connectivity index (χ3n) is 3.48. The van der Waals surface area contributed by atoms with E-state index in [0.29, 0.717) is 19.4 Å². The molecule has 1 aliphatic heterocycles. The van der Waals surface area contributed by atoms with Crippen molar-refractivity contribution < 1.29 is 9.59 Å². The molecule has 0 saturated carbocycles. The van der Waals surface area contributed by atoms with E-state index < -0.39 is 11.5 Å². The van der Waals surface area contributed by atoms with Crippen LogP contribution in [0.4, 0.5) is 0 Å². The van der Waals surface area contributed by atoms with Crippen LogP contribution in [-0.4, -0.2) is 41.3 Å². The molecule has 0 bridgehead atoms. The highest BCUT2D eigenvalue weighted by atomic mass is 32.1. The number of hydrogen-bond donors (Lipinski definition) is 2. The minimum atomic E-state index is -0.878. The average molecular weight is 257 g/mol. The van der Waals surface area contributed by atoms with Gasteiger partial charge in [0.2, 0.25) is 11.8 Å². The van der Waals surface area contributed by atoms with Crippen LogP contribution in [0.5, 0.6) is 0 Å². The Balaban J connectivity index is 2.72. The van der Waals surface area contributed by atoms with Gasteiger partial charge in [-0.15, -0.1) is 0 Å². The molecule has 2 amide bonds. The lowest BCUT2D eigenvalue weighted by atomic mass is 9.86. The quantitative estimate of drug-likeness (QED) is 0.697. The van der Waals surface area contributed by atoms with Gasteiger partial charge in [-0.25, -0.2) is 0 Å². The van der Waals surface area contributed by atoms with Crippen LogP contribution in [0, 0.1) is 5.41 Å². The van der Waals surface area contributed by atoms with E-state index in [1.54, 1.807) is 18.9 Å². The van der Waals surface area contributed by atoms with Gasteiger partial charge in [-0.1, -0.05) is 19.1 Å². The van der Waals surface area contributed by atoms with Crippen LogP contribution in [0.25, 0.3) is 0 Å². The molecule has 1 saturated heterocycles. The van der Waals surface area contributed by atoms with Crippen LogP contribution >= 0.6 is 12.2 Å². The van der Waals surface area contributed by atoms with Gasteiger partial charge in [0, 0.05) is 13.6 Å². The SMILES string of the molecule is CCC(C)(C(=O)NC1CCN(C)C1=O)C(N)=S. The molecule has 0 spiro atoms. The summed E-state index contributed by atoms with van der Waals surface area (Å²) in [4.78, 5) is 25.5. The summed E-state index contributed by atoms with van der Waals surface area (Å²) < 4.78 is 0. The number of carbonyl (C=O) groups is 2. The maximum absolute atomic E-state index is 12.1. The number of likely N-dealkylation sites (tertiary alicyclic amines) is 1. The highest BCUT2D eigenvalue weighted by Crippen LogP contribution is 2.22. The second-order valence-electron chi connectivity index (χ2n) is 4.62. The number of likely N-dealkylation sites (N-methyl/N-ethyl adjacent to an activating group) is 1. The molecule has 0 aromatic heterocycles. The Kier molecular flexibility index (Phi) is 4.08. The topological polar surface area (TPSA) is 75.4 Å². The summed E-state index contributed by atoms with van der Waals surface area (Å²) in [7, 11) is 1.72. The molecule has 0 aliphatic carbocycles. The summed E-state index contributed by atoms with van der Waals surface area (Å²) >= 11 is 4.92. The number of amides is 2. The summed E-state index contributed by atoms with van der Waals surface area (Å²) in [6, 6.07) is -0.437. The number of carbonyl (C=O) groups excluding carboxylic acids is 2. The summed E-state index contributed by atoms with van der Waals surface area (Å²) in [6.45, 7) is 4.22. The number of nitrogens with zero attached hydrogens (tertiary/aromatic N) is 1. The van der Waals surface area contributed by atoms with Crippen LogP contribution in [-0.2, 0) is 9.59 Å². The molecular formula is C11H19N3O2S. The van der Waals surface area contributed by atoms with Crippen molar-refractivity contribution in [2.24, 2.45) is 11.1 Å². The van der Waals surface area contributed by atoms with Crippen LogP contribution in [0.15, 0.2) is 0 Å². The van der Waals surface area contributed by atoms with Crippen molar-refractivity contribution in [2.45, 2.75) is 32.7 Å². The second kappa shape index (κ2) is 5.00. The highest BCUT2D eigenvalue weighted by molar-refractivity contribution is 7.80. The Morgan fingerprint density at radius 1 is 1.71 bits per heavy atom. The number of thiocarbonyl (C=S) groups is 1. The first-order chi connectivity index (χ1) is 7.82. The highest BCUT2D eigenvalue weighted by Gasteiger charge is 2.38. The smallest absolute Gasteiger partial charge is 0.244 e. The molecule has 0 aromatic rings. The largest absolute Gasteiger partial charge is 0.392 e. The molecule has 1 fully saturated rings. The van der Waals surface area contributed by atoms with Crippen molar-refractivity contribution in [1.29, 1.82) is 0 Å². The predicted molar refractivity (Wildman–Crippen MR) is 69.4 cm³/mol. The number of nitrogens with two attached hydrogens (primary N) is 1. The molecule has 5 nitrogen and oxygen atoms in total. The van der Waals surface area contributed by atoms with Crippen LogP contribution in [0.2, 0.25) is 0 Å². The molecule has 2 unspecified atom stereocenters. The molecule has 0 aromatic carbocycles. The van der Waals surface area contributed by atoms with Crippen molar-refractivity contribution >= 4 is 29.0 Å². The van der Waals surface area contributed by atoms with Crippen molar-refractivity contribution in [3.63, 3.8) is 0 Å². The maximum Gasteiger partial charge on any atom is 0.244 e. The first kappa shape index (κ1) is 13.9. The van der Waals surface area contributed by atoms with Gasteiger partial charge in [-0.3, -0.25) is 9.59 Å². The van der Waals surface area contributed by atoms with Gasteiger partial charge in [0.1, 0.15) is 6.04 Å². The van der Waals surface area contributed by atoms with E-state index in [4.69, 9.17) is 18.0 Å². The Morgan fingerprint density at radius 2 is 2.29 bits per heavy atom. The molecule has 2 atom stereocenters. The molecule has 17 heavy (non-hydrogen) atoms. The average Bonchev–Trinajstić information content (AvgIpc) is 2.59. The van der Waals surface area contributed by atoms with E-state index in [1.807, 2.05) is 6.92 Å². The van der Waals surface area contributed by atoms with Crippen LogP contribution < -0.4 is 11.1 Å². The van der Waals surface area contributed by atoms with Crippen LogP contribution in [0.3, 0.4) is 0 Å². The fraction of sp³-hybridized carbons (Fsp3) is 0.727. The van der Waals surface area contributed by atoms with Gasteiger partial charge in [0.05, 0.1) is 10.4 Å². The minimum Gasteiger partial charge on any atom is -0.392 e. The van der Waals surface area contributed by atoms with E-state index in [-0.39, 0.29) is 16.8 Å². The van der Waals surface area contributed by atoms with Crippen molar-refractivity contribution in [3.05, 3.63) is 0 Å². The van der Waals surface area contributed by atoms with E-state index in [9.17, 15) is 9.59 Å². The molecule has 6 heteroatoms. The lowest BCUT2D eigenvalue weighted by Crippen LogP contribution is -2.51. The fourth-order valence-electron chi connectivity index (χ4n) is 1.72. The number of hydrogen-bond acceptors (Lipinski definition) is 3. The minimum absolute atomic E-state index is 0.0558. The van der Waals surface area contributed by atoms with E-state index in [0.717, 1.165) is 0 Å². The maximum atomic E-state index is 12.1. The van der Waals surface area contributed by atoms with Gasteiger partial charge >= 0.3 is 0 Å². The molecule has 3 N–H and O–H groups in total. The second-order valence-corrected chi connectivity index (χ2v) is 5.06. The van der Waals surface area contributed by atoms with Crippen molar-refractivity contribution in [2.75, 3.05) is 13.6 Å². The molecule has 96 valence electrons. The molecule has 1 rings (SSSR count). The van der Waals surface area contributed by atoms with Gasteiger partial charge < -0.3 is 16.0 Å². The summed E-state index contributed by atoms with van der Waals surface area (Å²) in [5.74, 6) is -0.319. The van der Waals surface area contributed by atoms with E-state index in [2.05, 4.69) is 5.32 Å². The van der Waals surface area contributed by atoms with Gasteiger partial charge in [0.25, 0.3) is 0 Å². The Morgan fingerprint density at radius 3 is 2.65 bits per heavy atom. The number of rotatable bonds is 4. The zero-order valence-corrected chi connectivity index (χ0v) is 11.3. The van der Waals surface area contributed by atoms with E-state index >= 15 is 0 Å². The standard InChI is InChI=1S/C11H19N3O2S/c1-4-11(2,9(12)17)10(16)13-7-5-6-14(3)8(7)15/h7H,4-6H2,1-3H3,(H2,12,17)(H,13,16). The monoisotopic (exact) mass is 257 g/mol. The lowest BCUT2D eigenvalue weighted by Gasteiger charge is -2.27. The molecule has 1 heterocycles. The van der Waals surface area contributed by atoms with Crippen LogP contribution in [0.1, 0.15) is 26.7 Å². The third kappa shape index (κ3) is 2.57. The molecule has 0 radical (unpaired) electrons. The van der Waals surface area contributed by atoms with Gasteiger partial charge in [-0.05, 0) is 19.8 Å².